The van der Waals surface area contributed by atoms with Crippen molar-refractivity contribution in [2.24, 2.45) is 17.8 Å². The molecule has 3 heteroatoms. The summed E-state index contributed by atoms with van der Waals surface area (Å²) in [7, 11) is 2.03. The fourth-order valence-electron chi connectivity index (χ4n) is 3.10. The SMILES string of the molecule is CC1C2CNCC1C2.CNC1CCCNC1. The zero-order valence-electron chi connectivity index (χ0n) is 10.8. The van der Waals surface area contributed by atoms with Crippen LogP contribution in [0.4, 0.5) is 0 Å². The maximum atomic E-state index is 3.41. The summed E-state index contributed by atoms with van der Waals surface area (Å²) >= 11 is 0. The quantitative estimate of drug-likeness (QED) is 0.618. The van der Waals surface area contributed by atoms with Crippen LogP contribution in [0, 0.1) is 17.8 Å². The van der Waals surface area contributed by atoms with Crippen molar-refractivity contribution in [1.82, 2.24) is 16.0 Å². The molecule has 0 spiro atoms. The topological polar surface area (TPSA) is 36.1 Å². The van der Waals surface area contributed by atoms with Gasteiger partial charge in [-0.3, -0.25) is 0 Å². The summed E-state index contributed by atoms with van der Waals surface area (Å²) in [4.78, 5) is 0. The van der Waals surface area contributed by atoms with Crippen LogP contribution in [0.3, 0.4) is 0 Å². The smallest absolute Gasteiger partial charge is 0.0189 e. The van der Waals surface area contributed by atoms with Crippen LogP contribution in [-0.2, 0) is 0 Å². The van der Waals surface area contributed by atoms with E-state index in [1.807, 2.05) is 7.05 Å². The van der Waals surface area contributed by atoms with Gasteiger partial charge in [-0.25, -0.2) is 0 Å². The molecule has 94 valence electrons. The van der Waals surface area contributed by atoms with Gasteiger partial charge in [-0.15, -0.1) is 0 Å². The van der Waals surface area contributed by atoms with Gasteiger partial charge in [-0.05, 0) is 63.7 Å². The lowest BCUT2D eigenvalue weighted by molar-refractivity contribution is 0.0461. The molecule has 3 N–H and O–H groups in total. The summed E-state index contributed by atoms with van der Waals surface area (Å²) in [5.41, 5.74) is 0. The molecule has 0 radical (unpaired) electrons. The first-order chi connectivity index (χ1) is 7.81. The molecule has 0 amide bonds. The molecule has 3 aliphatic heterocycles. The van der Waals surface area contributed by atoms with Crippen molar-refractivity contribution in [2.45, 2.75) is 32.2 Å². The van der Waals surface area contributed by atoms with Gasteiger partial charge >= 0.3 is 0 Å². The van der Waals surface area contributed by atoms with Crippen LogP contribution in [0.15, 0.2) is 0 Å². The summed E-state index contributed by atoms with van der Waals surface area (Å²) in [6.07, 6.45) is 4.17. The highest BCUT2D eigenvalue weighted by Crippen LogP contribution is 2.41. The molecule has 1 saturated carbocycles. The van der Waals surface area contributed by atoms with E-state index in [9.17, 15) is 0 Å². The summed E-state index contributed by atoms with van der Waals surface area (Å²) in [6.45, 7) is 7.32. The molecule has 3 unspecified atom stereocenters. The Morgan fingerprint density at radius 2 is 1.81 bits per heavy atom. The lowest BCUT2D eigenvalue weighted by Crippen LogP contribution is -2.51. The molecule has 0 aromatic carbocycles. The number of fused-ring (bicyclic) bond motifs is 2. The molecule has 4 fully saturated rings. The van der Waals surface area contributed by atoms with Crippen molar-refractivity contribution < 1.29 is 0 Å². The molecule has 3 atom stereocenters. The van der Waals surface area contributed by atoms with Crippen molar-refractivity contribution in [2.75, 3.05) is 33.2 Å². The predicted molar refractivity (Wildman–Crippen MR) is 68.6 cm³/mol. The van der Waals surface area contributed by atoms with Gasteiger partial charge in [0.25, 0.3) is 0 Å². The maximum Gasteiger partial charge on any atom is 0.0189 e. The van der Waals surface area contributed by atoms with E-state index in [0.717, 1.165) is 30.3 Å². The largest absolute Gasteiger partial charge is 0.316 e. The Balaban J connectivity index is 0.000000120. The van der Waals surface area contributed by atoms with E-state index in [2.05, 4.69) is 22.9 Å². The fraction of sp³-hybridized carbons (Fsp3) is 1.00. The minimum Gasteiger partial charge on any atom is -0.316 e. The van der Waals surface area contributed by atoms with Gasteiger partial charge in [0.2, 0.25) is 0 Å². The molecule has 3 saturated heterocycles. The molecule has 2 bridgehead atoms. The molecule has 0 aromatic rings. The molecular formula is C13H27N3. The van der Waals surface area contributed by atoms with Crippen LogP contribution in [0.2, 0.25) is 0 Å². The van der Waals surface area contributed by atoms with E-state index in [4.69, 9.17) is 0 Å². The van der Waals surface area contributed by atoms with Crippen molar-refractivity contribution in [3.63, 3.8) is 0 Å². The third-order valence-electron chi connectivity index (χ3n) is 4.61. The van der Waals surface area contributed by atoms with E-state index in [-0.39, 0.29) is 0 Å². The Morgan fingerprint density at radius 1 is 1.06 bits per heavy atom. The van der Waals surface area contributed by atoms with Crippen LogP contribution in [-0.4, -0.2) is 39.3 Å². The molecule has 4 rings (SSSR count). The Hall–Kier alpha value is -0.120. The second-order valence-electron chi connectivity index (χ2n) is 5.61. The van der Waals surface area contributed by atoms with Gasteiger partial charge in [0.05, 0.1) is 0 Å². The zero-order valence-corrected chi connectivity index (χ0v) is 10.8. The molecule has 0 aromatic heterocycles. The maximum absolute atomic E-state index is 3.41. The van der Waals surface area contributed by atoms with E-state index < -0.39 is 0 Å². The summed E-state index contributed by atoms with van der Waals surface area (Å²) in [5.74, 6) is 3.11. The molecule has 3 nitrogen and oxygen atoms in total. The third-order valence-corrected chi connectivity index (χ3v) is 4.61. The lowest BCUT2D eigenvalue weighted by Gasteiger charge is -2.48. The highest BCUT2D eigenvalue weighted by Gasteiger charge is 2.39. The first-order valence-electron chi connectivity index (χ1n) is 6.90. The Kier molecular flexibility index (Phi) is 4.62. The summed E-state index contributed by atoms with van der Waals surface area (Å²) in [6, 6.07) is 0.726. The van der Waals surface area contributed by atoms with Crippen LogP contribution in [0.25, 0.3) is 0 Å². The summed E-state index contributed by atoms with van der Waals surface area (Å²) in [5, 5.41) is 9.98. The summed E-state index contributed by atoms with van der Waals surface area (Å²) < 4.78 is 0. The molecule has 4 aliphatic rings. The van der Waals surface area contributed by atoms with E-state index in [1.165, 1.54) is 38.9 Å². The Labute approximate surface area is 99.8 Å². The number of hydrogen-bond acceptors (Lipinski definition) is 3. The van der Waals surface area contributed by atoms with Crippen LogP contribution >= 0.6 is 0 Å². The number of likely N-dealkylation sites (N-methyl/N-ethyl adjacent to an activating group) is 1. The first kappa shape index (κ1) is 12.3. The molecule has 1 aliphatic carbocycles. The van der Waals surface area contributed by atoms with Crippen molar-refractivity contribution >= 4 is 0 Å². The van der Waals surface area contributed by atoms with Crippen molar-refractivity contribution in [3.05, 3.63) is 0 Å². The van der Waals surface area contributed by atoms with E-state index in [1.54, 1.807) is 0 Å². The van der Waals surface area contributed by atoms with E-state index >= 15 is 0 Å². The van der Waals surface area contributed by atoms with Gasteiger partial charge in [-0.2, -0.15) is 0 Å². The normalized spacial score (nSPS) is 41.6. The van der Waals surface area contributed by atoms with Crippen molar-refractivity contribution in [3.8, 4) is 0 Å². The average molecular weight is 225 g/mol. The minimum atomic E-state index is 0.726. The number of nitrogens with one attached hydrogen (secondary N) is 3. The number of hydrogen-bond donors (Lipinski definition) is 3. The standard InChI is InChI=1S/C7H13N.C6H14N2/c1-5-6-2-7(5)4-8-3-6;1-7-6-3-2-4-8-5-6/h5-8H,2-4H2,1H3;6-8H,2-5H2,1H3. The predicted octanol–water partition coefficient (Wildman–Crippen LogP) is 0.820. The van der Waals surface area contributed by atoms with Gasteiger partial charge in [0.15, 0.2) is 0 Å². The highest BCUT2D eigenvalue weighted by atomic mass is 15.0. The first-order valence-corrected chi connectivity index (χ1v) is 6.90. The van der Waals surface area contributed by atoms with Gasteiger partial charge < -0.3 is 16.0 Å². The highest BCUT2D eigenvalue weighted by molar-refractivity contribution is 4.92. The monoisotopic (exact) mass is 225 g/mol. The fourth-order valence-corrected chi connectivity index (χ4v) is 3.10. The zero-order chi connectivity index (χ0) is 11.4. The second-order valence-corrected chi connectivity index (χ2v) is 5.61. The van der Waals surface area contributed by atoms with Crippen LogP contribution in [0.1, 0.15) is 26.2 Å². The van der Waals surface area contributed by atoms with Crippen molar-refractivity contribution in [1.29, 1.82) is 0 Å². The number of piperidine rings is 3. The minimum absolute atomic E-state index is 0.726. The molecule has 16 heavy (non-hydrogen) atoms. The Morgan fingerprint density at radius 3 is 2.12 bits per heavy atom. The van der Waals surface area contributed by atoms with Gasteiger partial charge in [0.1, 0.15) is 0 Å². The molecular weight excluding hydrogens is 198 g/mol. The third kappa shape index (κ3) is 2.96. The Bertz CT molecular complexity index is 181. The second kappa shape index (κ2) is 5.99. The van der Waals surface area contributed by atoms with Gasteiger partial charge in [-0.1, -0.05) is 6.92 Å². The van der Waals surface area contributed by atoms with E-state index in [0.29, 0.717) is 0 Å². The average Bonchev–Trinajstić information content (AvgIpc) is 2.40. The van der Waals surface area contributed by atoms with Crippen LogP contribution < -0.4 is 16.0 Å². The van der Waals surface area contributed by atoms with Gasteiger partial charge in [0, 0.05) is 12.6 Å². The molecule has 3 heterocycles. The lowest BCUT2D eigenvalue weighted by atomic mass is 9.63. The number of rotatable bonds is 1. The van der Waals surface area contributed by atoms with Crippen LogP contribution in [0.5, 0.6) is 0 Å².